The van der Waals surface area contributed by atoms with Gasteiger partial charge < -0.3 is 0 Å². The highest BCUT2D eigenvalue weighted by Gasteiger charge is 2.51. The molecular formula is C14H26. The fourth-order valence-electron chi connectivity index (χ4n) is 4.26. The van der Waals surface area contributed by atoms with Gasteiger partial charge in [-0.1, -0.05) is 46.5 Å². The van der Waals surface area contributed by atoms with Gasteiger partial charge in [-0.15, -0.1) is 0 Å². The maximum Gasteiger partial charge on any atom is -0.0329 e. The van der Waals surface area contributed by atoms with E-state index < -0.39 is 0 Å². The summed E-state index contributed by atoms with van der Waals surface area (Å²) < 4.78 is 0. The van der Waals surface area contributed by atoms with E-state index >= 15 is 0 Å². The maximum atomic E-state index is 2.51. The van der Waals surface area contributed by atoms with Crippen LogP contribution in [0.4, 0.5) is 0 Å². The summed E-state index contributed by atoms with van der Waals surface area (Å²) in [5.74, 6) is 5.52. The van der Waals surface area contributed by atoms with Gasteiger partial charge in [0.05, 0.1) is 0 Å². The third-order valence-corrected chi connectivity index (χ3v) is 5.00. The van der Waals surface area contributed by atoms with Crippen molar-refractivity contribution in [3.8, 4) is 0 Å². The van der Waals surface area contributed by atoms with Crippen molar-refractivity contribution >= 4 is 0 Å². The van der Waals surface area contributed by atoms with Crippen LogP contribution in [0.15, 0.2) is 0 Å². The normalized spacial score (nSPS) is 46.1. The molecule has 0 aliphatic heterocycles. The Kier molecular flexibility index (Phi) is 3.19. The van der Waals surface area contributed by atoms with Crippen LogP contribution in [-0.2, 0) is 0 Å². The van der Waals surface area contributed by atoms with E-state index in [1.165, 1.54) is 25.7 Å². The Labute approximate surface area is 89.5 Å². The molecule has 2 fully saturated rings. The monoisotopic (exact) mass is 194 g/mol. The van der Waals surface area contributed by atoms with Gasteiger partial charge >= 0.3 is 0 Å². The van der Waals surface area contributed by atoms with E-state index in [9.17, 15) is 0 Å². The molecule has 2 saturated carbocycles. The lowest BCUT2D eigenvalue weighted by molar-refractivity contribution is 0.0471. The third kappa shape index (κ3) is 1.61. The summed E-state index contributed by atoms with van der Waals surface area (Å²) in [6, 6.07) is 0. The van der Waals surface area contributed by atoms with E-state index in [-0.39, 0.29) is 0 Å². The molecule has 5 atom stereocenters. The van der Waals surface area contributed by atoms with Gasteiger partial charge in [-0.2, -0.15) is 0 Å². The Morgan fingerprint density at radius 3 is 2.50 bits per heavy atom. The van der Waals surface area contributed by atoms with Gasteiger partial charge in [-0.3, -0.25) is 0 Å². The van der Waals surface area contributed by atoms with Crippen molar-refractivity contribution in [2.75, 3.05) is 0 Å². The molecule has 5 unspecified atom stereocenters. The minimum atomic E-state index is 1.04. The topological polar surface area (TPSA) is 0 Å². The maximum absolute atomic E-state index is 2.51. The molecule has 0 aromatic carbocycles. The minimum Gasteiger partial charge on any atom is -0.0654 e. The van der Waals surface area contributed by atoms with Crippen LogP contribution in [0.1, 0.15) is 59.3 Å². The van der Waals surface area contributed by atoms with E-state index in [0.717, 1.165) is 29.6 Å². The zero-order valence-corrected chi connectivity index (χ0v) is 10.1. The second-order valence-corrected chi connectivity index (χ2v) is 5.76. The molecule has 82 valence electrons. The molecule has 0 heteroatoms. The lowest BCUT2D eigenvalue weighted by Gasteiger charge is -2.44. The first kappa shape index (κ1) is 10.5. The quantitative estimate of drug-likeness (QED) is 0.618. The largest absolute Gasteiger partial charge is 0.0654 e. The minimum absolute atomic E-state index is 1.04. The van der Waals surface area contributed by atoms with Crippen LogP contribution < -0.4 is 0 Å². The van der Waals surface area contributed by atoms with Crippen LogP contribution in [0.3, 0.4) is 0 Å². The SMILES string of the molecule is CCCCC1CC(C)C2C(CC)CC12. The highest BCUT2D eigenvalue weighted by atomic mass is 14.6. The molecule has 2 rings (SSSR count). The highest BCUT2D eigenvalue weighted by Crippen LogP contribution is 2.58. The average molecular weight is 194 g/mol. The standard InChI is InChI=1S/C14H26/c1-4-6-7-12-8-10(3)14-11(5-2)9-13(12)14/h10-14H,4-9H2,1-3H3. The summed E-state index contributed by atoms with van der Waals surface area (Å²) in [6.07, 6.45) is 8.94. The van der Waals surface area contributed by atoms with Gasteiger partial charge in [-0.25, -0.2) is 0 Å². The van der Waals surface area contributed by atoms with E-state index in [2.05, 4.69) is 20.8 Å². The fraction of sp³-hybridized carbons (Fsp3) is 1.00. The Balaban J connectivity index is 1.87. The van der Waals surface area contributed by atoms with Crippen LogP contribution in [0.25, 0.3) is 0 Å². The molecule has 2 aliphatic rings. The number of hydrogen-bond donors (Lipinski definition) is 0. The first-order valence-electron chi connectivity index (χ1n) is 6.77. The summed E-state index contributed by atoms with van der Waals surface area (Å²) in [5.41, 5.74) is 0. The summed E-state index contributed by atoms with van der Waals surface area (Å²) >= 11 is 0. The van der Waals surface area contributed by atoms with Crippen LogP contribution in [-0.4, -0.2) is 0 Å². The first-order valence-corrected chi connectivity index (χ1v) is 6.77. The Morgan fingerprint density at radius 2 is 1.86 bits per heavy atom. The fourth-order valence-corrected chi connectivity index (χ4v) is 4.26. The Bertz CT molecular complexity index is 182. The molecule has 0 N–H and O–H groups in total. The Hall–Kier alpha value is 0. The van der Waals surface area contributed by atoms with Gasteiger partial charge in [0.2, 0.25) is 0 Å². The summed E-state index contributed by atoms with van der Waals surface area (Å²) in [7, 11) is 0. The van der Waals surface area contributed by atoms with Crippen molar-refractivity contribution in [2.45, 2.75) is 59.3 Å². The Morgan fingerprint density at radius 1 is 1.07 bits per heavy atom. The second-order valence-electron chi connectivity index (χ2n) is 5.76. The highest BCUT2D eigenvalue weighted by molar-refractivity contribution is 5.00. The van der Waals surface area contributed by atoms with Crippen molar-refractivity contribution in [1.29, 1.82) is 0 Å². The molecule has 0 radical (unpaired) electrons. The van der Waals surface area contributed by atoms with Crippen LogP contribution in [0, 0.1) is 29.6 Å². The molecule has 2 aliphatic carbocycles. The van der Waals surface area contributed by atoms with Crippen molar-refractivity contribution in [3.05, 3.63) is 0 Å². The molecule has 0 aromatic rings. The molecule has 0 aromatic heterocycles. The molecule has 0 amide bonds. The summed E-state index contributed by atoms with van der Waals surface area (Å²) in [6.45, 7) is 7.21. The van der Waals surface area contributed by atoms with E-state index in [0.29, 0.717) is 0 Å². The van der Waals surface area contributed by atoms with E-state index in [1.54, 1.807) is 12.8 Å². The predicted molar refractivity (Wildman–Crippen MR) is 62.2 cm³/mol. The van der Waals surface area contributed by atoms with Gasteiger partial charge in [0.25, 0.3) is 0 Å². The van der Waals surface area contributed by atoms with Crippen molar-refractivity contribution in [1.82, 2.24) is 0 Å². The number of hydrogen-bond acceptors (Lipinski definition) is 0. The van der Waals surface area contributed by atoms with Crippen molar-refractivity contribution in [2.24, 2.45) is 29.6 Å². The van der Waals surface area contributed by atoms with Crippen LogP contribution in [0.5, 0.6) is 0 Å². The molecule has 0 spiro atoms. The number of fused-ring (bicyclic) bond motifs is 1. The first-order chi connectivity index (χ1) is 6.77. The molecule has 0 nitrogen and oxygen atoms in total. The smallest absolute Gasteiger partial charge is 0.0329 e. The number of unbranched alkanes of at least 4 members (excludes halogenated alkanes) is 1. The molecule has 0 bridgehead atoms. The predicted octanol–water partition coefficient (Wildman–Crippen LogP) is 4.49. The van der Waals surface area contributed by atoms with E-state index in [1.807, 2.05) is 0 Å². The molecule has 14 heavy (non-hydrogen) atoms. The molecular weight excluding hydrogens is 168 g/mol. The van der Waals surface area contributed by atoms with Crippen molar-refractivity contribution < 1.29 is 0 Å². The van der Waals surface area contributed by atoms with Crippen LogP contribution in [0.2, 0.25) is 0 Å². The second kappa shape index (κ2) is 4.24. The summed E-state index contributed by atoms with van der Waals surface area (Å²) in [4.78, 5) is 0. The lowest BCUT2D eigenvalue weighted by Crippen LogP contribution is -2.37. The van der Waals surface area contributed by atoms with Crippen molar-refractivity contribution in [3.63, 3.8) is 0 Å². The molecule has 0 heterocycles. The summed E-state index contributed by atoms with van der Waals surface area (Å²) in [5, 5.41) is 0. The van der Waals surface area contributed by atoms with Gasteiger partial charge in [0.1, 0.15) is 0 Å². The zero-order chi connectivity index (χ0) is 10.1. The molecule has 0 saturated heterocycles. The average Bonchev–Trinajstić information content (AvgIpc) is 2.35. The van der Waals surface area contributed by atoms with Crippen LogP contribution >= 0.6 is 0 Å². The van der Waals surface area contributed by atoms with Gasteiger partial charge in [-0.05, 0) is 42.4 Å². The number of rotatable bonds is 4. The third-order valence-electron chi connectivity index (χ3n) is 5.00. The van der Waals surface area contributed by atoms with Gasteiger partial charge in [0.15, 0.2) is 0 Å². The van der Waals surface area contributed by atoms with Gasteiger partial charge in [0, 0.05) is 0 Å². The zero-order valence-electron chi connectivity index (χ0n) is 10.1. The lowest BCUT2D eigenvalue weighted by atomic mass is 9.61. The van der Waals surface area contributed by atoms with E-state index in [4.69, 9.17) is 0 Å².